The van der Waals surface area contributed by atoms with Crippen molar-refractivity contribution in [2.24, 2.45) is 22.7 Å². The van der Waals surface area contributed by atoms with E-state index in [4.69, 9.17) is 9.83 Å². The van der Waals surface area contributed by atoms with Crippen LogP contribution in [-0.2, 0) is 4.84 Å². The summed E-state index contributed by atoms with van der Waals surface area (Å²) in [5, 5.41) is 2.26. The van der Waals surface area contributed by atoms with Gasteiger partial charge in [0.05, 0.1) is 0 Å². The molecule has 3 unspecified atom stereocenters. The van der Waals surface area contributed by atoms with E-state index in [2.05, 4.69) is 12.0 Å². The van der Waals surface area contributed by atoms with Crippen LogP contribution < -0.4 is 0 Å². The fraction of sp³-hybridized carbons (Fsp3) is 0.923. The Labute approximate surface area is 96.8 Å². The Kier molecular flexibility index (Phi) is 1.66. The van der Waals surface area contributed by atoms with Crippen LogP contribution in [0.15, 0.2) is 4.99 Å². The van der Waals surface area contributed by atoms with Crippen LogP contribution in [0.1, 0.15) is 46.0 Å². The Morgan fingerprint density at radius 1 is 1.19 bits per heavy atom. The second-order valence-electron chi connectivity index (χ2n) is 6.40. The van der Waals surface area contributed by atoms with Gasteiger partial charge in [0.15, 0.2) is 0 Å². The molecule has 0 aromatic rings. The molecule has 3 atom stereocenters. The molecule has 16 heavy (non-hydrogen) atoms. The van der Waals surface area contributed by atoms with Crippen molar-refractivity contribution in [3.8, 4) is 0 Å². The van der Waals surface area contributed by atoms with Crippen molar-refractivity contribution < 1.29 is 4.84 Å². The molecule has 0 spiro atoms. The highest BCUT2D eigenvalue weighted by atomic mass is 16.7. The Morgan fingerprint density at radius 2 is 1.88 bits per heavy atom. The smallest absolute Gasteiger partial charge is 0.208 e. The van der Waals surface area contributed by atoms with Crippen LogP contribution >= 0.6 is 0 Å². The molecule has 3 aliphatic heterocycles. The average molecular weight is 220 g/mol. The van der Waals surface area contributed by atoms with Crippen LogP contribution in [-0.4, -0.2) is 22.7 Å². The van der Waals surface area contributed by atoms with Gasteiger partial charge in [0.25, 0.3) is 0 Å². The van der Waals surface area contributed by atoms with E-state index in [1.54, 1.807) is 0 Å². The SMILES string of the molecule is CC1=NC2(C)C3CC4CC(CC(C4)N2O1)C3. The third-order valence-corrected chi connectivity index (χ3v) is 5.28. The maximum atomic E-state index is 5.91. The first-order chi connectivity index (χ1) is 7.65. The van der Waals surface area contributed by atoms with E-state index in [0.29, 0.717) is 6.04 Å². The van der Waals surface area contributed by atoms with Crippen LogP contribution in [0.4, 0.5) is 0 Å². The average Bonchev–Trinajstić information content (AvgIpc) is 2.48. The van der Waals surface area contributed by atoms with Gasteiger partial charge in [-0.15, -0.1) is 5.06 Å². The zero-order valence-corrected chi connectivity index (χ0v) is 10.1. The maximum absolute atomic E-state index is 5.91. The molecule has 3 heteroatoms. The number of hydrogen-bond acceptors (Lipinski definition) is 3. The zero-order valence-electron chi connectivity index (χ0n) is 10.1. The quantitative estimate of drug-likeness (QED) is 0.627. The molecule has 2 saturated carbocycles. The van der Waals surface area contributed by atoms with Crippen molar-refractivity contribution in [2.45, 2.75) is 57.7 Å². The third kappa shape index (κ3) is 1.05. The van der Waals surface area contributed by atoms with Gasteiger partial charge < -0.3 is 4.84 Å². The molecule has 3 nitrogen and oxygen atoms in total. The molecule has 0 amide bonds. The molecular formula is C13H20N2O. The Bertz CT molecular complexity index is 353. The molecule has 4 bridgehead atoms. The summed E-state index contributed by atoms with van der Waals surface area (Å²) in [6.45, 7) is 4.29. The molecule has 4 fully saturated rings. The van der Waals surface area contributed by atoms with E-state index in [-0.39, 0.29) is 5.66 Å². The summed E-state index contributed by atoms with van der Waals surface area (Å²) in [5.74, 6) is 3.49. The molecule has 3 heterocycles. The molecule has 0 N–H and O–H groups in total. The van der Waals surface area contributed by atoms with Crippen LogP contribution in [0, 0.1) is 17.8 Å². The molecule has 5 aliphatic rings. The van der Waals surface area contributed by atoms with Crippen molar-refractivity contribution in [2.75, 3.05) is 0 Å². The van der Waals surface area contributed by atoms with E-state index in [9.17, 15) is 0 Å². The lowest BCUT2D eigenvalue weighted by molar-refractivity contribution is -0.165. The lowest BCUT2D eigenvalue weighted by atomic mass is 9.66. The highest BCUT2D eigenvalue weighted by Crippen LogP contribution is 2.55. The lowest BCUT2D eigenvalue weighted by Gasteiger charge is -2.38. The van der Waals surface area contributed by atoms with E-state index in [1.807, 2.05) is 6.92 Å². The first kappa shape index (κ1) is 9.46. The van der Waals surface area contributed by atoms with Crippen molar-refractivity contribution in [3.05, 3.63) is 0 Å². The molecule has 5 rings (SSSR count). The second-order valence-corrected chi connectivity index (χ2v) is 6.40. The first-order valence-electron chi connectivity index (χ1n) is 6.69. The standard InChI is InChI=1S/C13H20N2O/c1-8-14-13(2)11-4-9-3-10(5-11)7-12(6-9)15(13)16-8/h9-12H,3-7H2,1-2H3. The first-order valence-corrected chi connectivity index (χ1v) is 6.69. The van der Waals surface area contributed by atoms with E-state index in [1.165, 1.54) is 32.1 Å². The molecule has 2 saturated heterocycles. The number of nitrogens with zero attached hydrogens (tertiary/aromatic N) is 2. The van der Waals surface area contributed by atoms with Crippen molar-refractivity contribution in [1.29, 1.82) is 0 Å². The molecular weight excluding hydrogens is 200 g/mol. The topological polar surface area (TPSA) is 24.8 Å². The lowest BCUT2D eigenvalue weighted by Crippen LogP contribution is -2.48. The number of hydrogen-bond donors (Lipinski definition) is 0. The van der Waals surface area contributed by atoms with E-state index in [0.717, 1.165) is 23.7 Å². The Hall–Kier alpha value is -0.570. The van der Waals surface area contributed by atoms with Gasteiger partial charge in [0, 0.05) is 18.9 Å². The number of hydroxylamine groups is 2. The monoisotopic (exact) mass is 220 g/mol. The largest absolute Gasteiger partial charge is 0.388 e. The minimum atomic E-state index is -0.0430. The minimum absolute atomic E-state index is 0.0430. The number of rotatable bonds is 0. The molecule has 2 aliphatic carbocycles. The van der Waals surface area contributed by atoms with Gasteiger partial charge in [0.1, 0.15) is 5.66 Å². The van der Waals surface area contributed by atoms with Crippen LogP contribution in [0.5, 0.6) is 0 Å². The third-order valence-electron chi connectivity index (χ3n) is 5.28. The van der Waals surface area contributed by atoms with Crippen LogP contribution in [0.3, 0.4) is 0 Å². The van der Waals surface area contributed by atoms with E-state index < -0.39 is 0 Å². The van der Waals surface area contributed by atoms with E-state index >= 15 is 0 Å². The summed E-state index contributed by atoms with van der Waals surface area (Å²) < 4.78 is 0. The second kappa shape index (κ2) is 2.81. The fourth-order valence-electron chi connectivity index (χ4n) is 4.79. The minimum Gasteiger partial charge on any atom is -0.388 e. The zero-order chi connectivity index (χ0) is 10.9. The summed E-state index contributed by atoms with van der Waals surface area (Å²) in [6, 6.07) is 0.627. The molecule has 0 radical (unpaired) electrons. The Balaban J connectivity index is 1.82. The van der Waals surface area contributed by atoms with Gasteiger partial charge in [-0.05, 0) is 50.9 Å². The van der Waals surface area contributed by atoms with Crippen molar-refractivity contribution >= 4 is 5.90 Å². The van der Waals surface area contributed by atoms with Gasteiger partial charge >= 0.3 is 0 Å². The molecule has 0 aromatic heterocycles. The van der Waals surface area contributed by atoms with Crippen molar-refractivity contribution in [1.82, 2.24) is 5.06 Å². The summed E-state index contributed by atoms with van der Waals surface area (Å²) >= 11 is 0. The summed E-state index contributed by atoms with van der Waals surface area (Å²) in [7, 11) is 0. The highest BCUT2D eigenvalue weighted by Gasteiger charge is 2.57. The maximum Gasteiger partial charge on any atom is 0.208 e. The predicted molar refractivity (Wildman–Crippen MR) is 61.8 cm³/mol. The summed E-state index contributed by atoms with van der Waals surface area (Å²) in [4.78, 5) is 10.7. The summed E-state index contributed by atoms with van der Waals surface area (Å²) in [6.07, 6.45) is 6.90. The Morgan fingerprint density at radius 3 is 2.56 bits per heavy atom. The van der Waals surface area contributed by atoms with Crippen LogP contribution in [0.2, 0.25) is 0 Å². The molecule has 88 valence electrons. The van der Waals surface area contributed by atoms with Gasteiger partial charge in [-0.1, -0.05) is 0 Å². The van der Waals surface area contributed by atoms with Gasteiger partial charge in [0.2, 0.25) is 5.90 Å². The fourth-order valence-corrected chi connectivity index (χ4v) is 4.79. The predicted octanol–water partition coefficient (Wildman–Crippen LogP) is 2.58. The van der Waals surface area contributed by atoms with Crippen LogP contribution in [0.25, 0.3) is 0 Å². The van der Waals surface area contributed by atoms with Gasteiger partial charge in [-0.2, -0.15) is 0 Å². The molecule has 0 aromatic carbocycles. The normalized spacial score (nSPS) is 54.5. The number of aliphatic imine (C=N–C) groups is 1. The van der Waals surface area contributed by atoms with Gasteiger partial charge in [-0.3, -0.25) is 0 Å². The highest BCUT2D eigenvalue weighted by molar-refractivity contribution is 5.74. The van der Waals surface area contributed by atoms with Gasteiger partial charge in [-0.25, -0.2) is 4.99 Å². The summed E-state index contributed by atoms with van der Waals surface area (Å²) in [5.41, 5.74) is -0.0430. The van der Waals surface area contributed by atoms with Crippen molar-refractivity contribution in [3.63, 3.8) is 0 Å².